The summed E-state index contributed by atoms with van der Waals surface area (Å²) in [5.41, 5.74) is 13.7. The number of hydrogen-bond donors (Lipinski definition) is 1. The van der Waals surface area contributed by atoms with Crippen molar-refractivity contribution in [3.8, 4) is 0 Å². The van der Waals surface area contributed by atoms with Crippen molar-refractivity contribution < 1.29 is 4.79 Å². The molecule has 136 valence electrons. The van der Waals surface area contributed by atoms with E-state index in [2.05, 4.69) is 25.1 Å². The third kappa shape index (κ3) is 2.34. The monoisotopic (exact) mass is 347 g/mol. The van der Waals surface area contributed by atoms with E-state index in [1.165, 1.54) is 48.8 Å². The van der Waals surface area contributed by atoms with Gasteiger partial charge in [-0.1, -0.05) is 37.1 Å². The lowest BCUT2D eigenvalue weighted by molar-refractivity contribution is -0.114. The van der Waals surface area contributed by atoms with Crippen LogP contribution in [-0.2, 0) is 4.79 Å². The van der Waals surface area contributed by atoms with E-state index < -0.39 is 0 Å². The van der Waals surface area contributed by atoms with Gasteiger partial charge in [-0.3, -0.25) is 4.79 Å². The maximum atomic E-state index is 12.0. The SMILES string of the molecule is C[C@@]12CCC[C@H]1[C@@H]1CCC3=CC(=O)CCC3=C1C(c1ccccc1N)C2. The van der Waals surface area contributed by atoms with E-state index >= 15 is 0 Å². The molecule has 4 atom stereocenters. The van der Waals surface area contributed by atoms with Crippen molar-refractivity contribution in [3.05, 3.63) is 52.6 Å². The number of allylic oxidation sites excluding steroid dienone is 4. The molecule has 4 aliphatic carbocycles. The highest BCUT2D eigenvalue weighted by Crippen LogP contribution is 2.64. The Morgan fingerprint density at radius 1 is 1.12 bits per heavy atom. The summed E-state index contributed by atoms with van der Waals surface area (Å²) in [6.07, 6.45) is 11.3. The summed E-state index contributed by atoms with van der Waals surface area (Å²) in [6.45, 7) is 2.54. The molecule has 2 N–H and O–H groups in total. The second-order valence-corrected chi connectivity index (χ2v) is 9.25. The Balaban J connectivity index is 1.70. The Hall–Kier alpha value is -1.83. The third-order valence-electron chi connectivity index (χ3n) is 7.88. The van der Waals surface area contributed by atoms with E-state index in [1.54, 1.807) is 5.57 Å². The molecule has 2 heteroatoms. The summed E-state index contributed by atoms with van der Waals surface area (Å²) in [7, 11) is 0. The molecular formula is C24H29NO. The predicted octanol–water partition coefficient (Wildman–Crippen LogP) is 5.56. The molecule has 26 heavy (non-hydrogen) atoms. The molecule has 1 unspecified atom stereocenters. The van der Waals surface area contributed by atoms with Crippen LogP contribution < -0.4 is 5.73 Å². The van der Waals surface area contributed by atoms with Crippen LogP contribution in [0.1, 0.15) is 69.8 Å². The van der Waals surface area contributed by atoms with Gasteiger partial charge >= 0.3 is 0 Å². The summed E-state index contributed by atoms with van der Waals surface area (Å²) in [5, 5.41) is 0. The molecular weight excluding hydrogens is 318 g/mol. The zero-order valence-electron chi connectivity index (χ0n) is 15.8. The number of carbonyl (C=O) groups excluding carboxylic acids is 1. The van der Waals surface area contributed by atoms with Gasteiger partial charge in [0, 0.05) is 18.0 Å². The Morgan fingerprint density at radius 2 is 1.96 bits per heavy atom. The summed E-state index contributed by atoms with van der Waals surface area (Å²) >= 11 is 0. The van der Waals surface area contributed by atoms with E-state index in [-0.39, 0.29) is 0 Å². The minimum atomic E-state index is 0.320. The van der Waals surface area contributed by atoms with Gasteiger partial charge in [0.05, 0.1) is 0 Å². The molecule has 0 heterocycles. The quantitative estimate of drug-likeness (QED) is 0.676. The first kappa shape index (κ1) is 16.4. The number of benzene rings is 1. The van der Waals surface area contributed by atoms with Gasteiger partial charge in [-0.15, -0.1) is 0 Å². The van der Waals surface area contributed by atoms with E-state index in [4.69, 9.17) is 5.73 Å². The van der Waals surface area contributed by atoms with Crippen LogP contribution in [-0.4, -0.2) is 5.78 Å². The Bertz CT molecular complexity index is 832. The molecule has 2 fully saturated rings. The van der Waals surface area contributed by atoms with Crippen molar-refractivity contribution in [2.75, 3.05) is 5.73 Å². The first-order chi connectivity index (χ1) is 12.6. The van der Waals surface area contributed by atoms with E-state index in [0.717, 1.165) is 24.4 Å². The lowest BCUT2D eigenvalue weighted by Crippen LogP contribution is -2.40. The molecule has 0 radical (unpaired) electrons. The lowest BCUT2D eigenvalue weighted by atomic mass is 9.53. The van der Waals surface area contributed by atoms with Crippen molar-refractivity contribution in [3.63, 3.8) is 0 Å². The first-order valence-electron chi connectivity index (χ1n) is 10.4. The Kier molecular flexibility index (Phi) is 3.67. The maximum absolute atomic E-state index is 12.0. The van der Waals surface area contributed by atoms with Gasteiger partial charge in [-0.2, -0.15) is 0 Å². The number of nitrogen functional groups attached to an aromatic ring is 1. The molecule has 5 rings (SSSR count). The van der Waals surface area contributed by atoms with Crippen LogP contribution in [0, 0.1) is 17.3 Å². The van der Waals surface area contributed by atoms with E-state index in [1.807, 2.05) is 12.1 Å². The third-order valence-corrected chi connectivity index (χ3v) is 7.88. The summed E-state index contributed by atoms with van der Waals surface area (Å²) in [5.74, 6) is 2.28. The number of anilines is 1. The van der Waals surface area contributed by atoms with Crippen molar-refractivity contribution in [1.82, 2.24) is 0 Å². The van der Waals surface area contributed by atoms with Gasteiger partial charge in [0.2, 0.25) is 0 Å². The fraction of sp³-hybridized carbons (Fsp3) is 0.542. The maximum Gasteiger partial charge on any atom is 0.156 e. The highest BCUT2D eigenvalue weighted by Gasteiger charge is 2.52. The molecule has 2 saturated carbocycles. The Morgan fingerprint density at radius 3 is 2.81 bits per heavy atom. The normalized spacial score (nSPS) is 36.3. The molecule has 0 amide bonds. The van der Waals surface area contributed by atoms with E-state index in [0.29, 0.717) is 29.5 Å². The highest BCUT2D eigenvalue weighted by molar-refractivity contribution is 5.93. The minimum Gasteiger partial charge on any atom is -0.398 e. The molecule has 0 aromatic heterocycles. The van der Waals surface area contributed by atoms with Crippen LogP contribution in [0.4, 0.5) is 5.69 Å². The second kappa shape index (κ2) is 5.84. The van der Waals surface area contributed by atoms with Crippen LogP contribution in [0.15, 0.2) is 47.1 Å². The standard InChI is InChI=1S/C24H29NO/c1-24-12-4-6-21(24)19-10-8-15-13-16(26)9-11-17(15)23(19)20(14-24)18-5-2-3-7-22(18)25/h2-3,5,7,13,19-21H,4,6,8-12,14,25H2,1H3/t19-,20?,21-,24-/m0/s1. The zero-order valence-corrected chi connectivity index (χ0v) is 15.8. The molecule has 1 aromatic carbocycles. The largest absolute Gasteiger partial charge is 0.398 e. The number of fused-ring (bicyclic) bond motifs is 4. The smallest absolute Gasteiger partial charge is 0.156 e. The topological polar surface area (TPSA) is 43.1 Å². The van der Waals surface area contributed by atoms with Crippen LogP contribution in [0.5, 0.6) is 0 Å². The number of hydrogen-bond acceptors (Lipinski definition) is 2. The van der Waals surface area contributed by atoms with Gasteiger partial charge in [-0.05, 0) is 84.6 Å². The van der Waals surface area contributed by atoms with Crippen LogP contribution in [0.3, 0.4) is 0 Å². The first-order valence-corrected chi connectivity index (χ1v) is 10.4. The molecule has 0 bridgehead atoms. The van der Waals surface area contributed by atoms with Crippen LogP contribution >= 0.6 is 0 Å². The Labute approximate surface area is 156 Å². The predicted molar refractivity (Wildman–Crippen MR) is 106 cm³/mol. The molecule has 0 saturated heterocycles. The number of para-hydroxylation sites is 1. The summed E-state index contributed by atoms with van der Waals surface area (Å²) in [4.78, 5) is 12.0. The number of nitrogens with two attached hydrogens (primary N) is 1. The van der Waals surface area contributed by atoms with Gasteiger partial charge in [0.25, 0.3) is 0 Å². The summed E-state index contributed by atoms with van der Waals surface area (Å²) in [6, 6.07) is 8.49. The number of ketones is 1. The molecule has 0 aliphatic heterocycles. The molecule has 0 spiro atoms. The van der Waals surface area contributed by atoms with E-state index in [9.17, 15) is 4.79 Å². The fourth-order valence-electron chi connectivity index (χ4n) is 6.77. The summed E-state index contributed by atoms with van der Waals surface area (Å²) < 4.78 is 0. The van der Waals surface area contributed by atoms with Crippen LogP contribution in [0.25, 0.3) is 0 Å². The van der Waals surface area contributed by atoms with Gasteiger partial charge in [0.1, 0.15) is 0 Å². The highest BCUT2D eigenvalue weighted by atomic mass is 16.1. The van der Waals surface area contributed by atoms with Gasteiger partial charge in [0.15, 0.2) is 5.78 Å². The number of rotatable bonds is 1. The van der Waals surface area contributed by atoms with Crippen molar-refractivity contribution >= 4 is 11.5 Å². The molecule has 4 aliphatic rings. The van der Waals surface area contributed by atoms with Crippen molar-refractivity contribution in [2.45, 2.75) is 64.2 Å². The molecule has 1 aromatic rings. The zero-order chi connectivity index (χ0) is 17.9. The average molecular weight is 348 g/mol. The average Bonchev–Trinajstić information content (AvgIpc) is 3.02. The molecule has 2 nitrogen and oxygen atoms in total. The number of carbonyl (C=O) groups is 1. The van der Waals surface area contributed by atoms with Crippen molar-refractivity contribution in [2.24, 2.45) is 17.3 Å². The van der Waals surface area contributed by atoms with Gasteiger partial charge in [-0.25, -0.2) is 0 Å². The van der Waals surface area contributed by atoms with Crippen LogP contribution in [0.2, 0.25) is 0 Å². The second-order valence-electron chi connectivity index (χ2n) is 9.25. The van der Waals surface area contributed by atoms with Crippen molar-refractivity contribution in [1.29, 1.82) is 0 Å². The minimum absolute atomic E-state index is 0.320. The fourth-order valence-corrected chi connectivity index (χ4v) is 6.77. The lowest BCUT2D eigenvalue weighted by Gasteiger charge is -2.51. The van der Waals surface area contributed by atoms with Gasteiger partial charge < -0.3 is 5.73 Å².